The smallest absolute Gasteiger partial charge is 0.260 e. The summed E-state index contributed by atoms with van der Waals surface area (Å²) in [6.07, 6.45) is 1.62. The van der Waals surface area contributed by atoms with Crippen LogP contribution in [0.3, 0.4) is 0 Å². The average Bonchev–Trinajstić information content (AvgIpc) is 3.44. The lowest BCUT2D eigenvalue weighted by Gasteiger charge is -2.18. The second kappa shape index (κ2) is 10.1. The van der Waals surface area contributed by atoms with Crippen LogP contribution < -0.4 is 10.6 Å². The third-order valence-corrected chi connectivity index (χ3v) is 5.93. The Balaban J connectivity index is 1.36. The zero-order valence-corrected chi connectivity index (χ0v) is 18.4. The number of carbonyl (C=O) groups excluding carboxylic acids is 2. The fourth-order valence-electron chi connectivity index (χ4n) is 3.47. The Morgan fingerprint density at radius 3 is 2.25 bits per heavy atom. The number of anilines is 1. The van der Waals surface area contributed by atoms with Crippen molar-refractivity contribution in [2.24, 2.45) is 0 Å². The highest BCUT2D eigenvalue weighted by atomic mass is 32.1. The summed E-state index contributed by atoms with van der Waals surface area (Å²) >= 11 is 1.29. The van der Waals surface area contributed by atoms with Crippen molar-refractivity contribution in [2.45, 2.75) is 19.3 Å². The zero-order chi connectivity index (χ0) is 22.3. The molecule has 0 bridgehead atoms. The first-order valence-electron chi connectivity index (χ1n) is 10.3. The van der Waals surface area contributed by atoms with Gasteiger partial charge >= 0.3 is 0 Å². The maximum absolute atomic E-state index is 12.6. The van der Waals surface area contributed by atoms with Crippen LogP contribution in [0.5, 0.6) is 0 Å². The van der Waals surface area contributed by atoms with Crippen molar-refractivity contribution in [3.05, 3.63) is 107 Å². The molecule has 0 spiro atoms. The topological polar surface area (TPSA) is 84.2 Å². The van der Waals surface area contributed by atoms with Crippen LogP contribution in [0.2, 0.25) is 0 Å². The zero-order valence-electron chi connectivity index (χ0n) is 17.6. The van der Waals surface area contributed by atoms with E-state index >= 15 is 0 Å². The van der Waals surface area contributed by atoms with Crippen LogP contribution in [0.25, 0.3) is 0 Å². The van der Waals surface area contributed by atoms with Crippen molar-refractivity contribution >= 4 is 28.3 Å². The molecule has 2 aromatic heterocycles. The fourth-order valence-corrected chi connectivity index (χ4v) is 4.18. The van der Waals surface area contributed by atoms with Crippen molar-refractivity contribution in [3.63, 3.8) is 0 Å². The summed E-state index contributed by atoms with van der Waals surface area (Å²) in [5.74, 6) is 0.209. The lowest BCUT2D eigenvalue weighted by Crippen LogP contribution is -2.30. The third-order valence-electron chi connectivity index (χ3n) is 5.12. The molecule has 0 saturated heterocycles. The van der Waals surface area contributed by atoms with E-state index in [2.05, 4.69) is 39.9 Å². The van der Waals surface area contributed by atoms with Gasteiger partial charge in [-0.1, -0.05) is 60.7 Å². The van der Waals surface area contributed by atoms with E-state index in [1.165, 1.54) is 17.6 Å². The first-order chi connectivity index (χ1) is 15.6. The molecule has 0 atom stereocenters. The van der Waals surface area contributed by atoms with Crippen LogP contribution in [0.4, 0.5) is 5.13 Å². The molecule has 0 fully saturated rings. The van der Waals surface area contributed by atoms with Crippen LogP contribution in [0, 0.1) is 6.92 Å². The number of thiazole rings is 1. The predicted molar refractivity (Wildman–Crippen MR) is 125 cm³/mol. The van der Waals surface area contributed by atoms with Gasteiger partial charge in [-0.25, -0.2) is 4.98 Å². The molecule has 4 rings (SSSR count). The summed E-state index contributed by atoms with van der Waals surface area (Å²) in [6, 6.07) is 21.9. The third kappa shape index (κ3) is 5.31. The monoisotopic (exact) mass is 445 g/mol. The van der Waals surface area contributed by atoms with Gasteiger partial charge < -0.3 is 9.73 Å². The van der Waals surface area contributed by atoms with E-state index in [9.17, 15) is 9.59 Å². The Kier molecular flexibility index (Phi) is 6.77. The minimum Gasteiger partial charge on any atom is -0.469 e. The molecule has 162 valence electrons. The van der Waals surface area contributed by atoms with Gasteiger partial charge in [0.2, 0.25) is 5.91 Å². The molecule has 6 nitrogen and oxygen atoms in total. The Morgan fingerprint density at radius 1 is 1.00 bits per heavy atom. The molecule has 2 heterocycles. The minimum atomic E-state index is -0.282. The lowest BCUT2D eigenvalue weighted by atomic mass is 9.91. The quantitative estimate of drug-likeness (QED) is 0.409. The normalized spacial score (nSPS) is 10.8. The highest BCUT2D eigenvalue weighted by Gasteiger charge is 2.17. The number of rotatable bonds is 8. The number of aryl methyl sites for hydroxylation is 1. The van der Waals surface area contributed by atoms with Gasteiger partial charge in [-0.05, 0) is 24.1 Å². The maximum Gasteiger partial charge on any atom is 0.260 e. The molecule has 2 amide bonds. The lowest BCUT2D eigenvalue weighted by molar-refractivity contribution is -0.120. The van der Waals surface area contributed by atoms with Crippen LogP contribution in [-0.2, 0) is 11.2 Å². The van der Waals surface area contributed by atoms with E-state index in [1.807, 2.05) is 36.4 Å². The summed E-state index contributed by atoms with van der Waals surface area (Å²) < 4.78 is 5.16. The number of aromatic nitrogens is 1. The first-order valence-corrected chi connectivity index (χ1v) is 11.1. The second-order valence-electron chi connectivity index (χ2n) is 7.34. The van der Waals surface area contributed by atoms with E-state index in [-0.39, 0.29) is 24.2 Å². The molecule has 0 aliphatic heterocycles. The second-order valence-corrected chi connectivity index (χ2v) is 8.20. The summed E-state index contributed by atoms with van der Waals surface area (Å²) in [5.41, 5.74) is 3.37. The van der Waals surface area contributed by atoms with Gasteiger partial charge in [0.1, 0.15) is 5.76 Å². The van der Waals surface area contributed by atoms with Crippen molar-refractivity contribution in [3.8, 4) is 0 Å². The van der Waals surface area contributed by atoms with Gasteiger partial charge in [-0.2, -0.15) is 0 Å². The molecule has 4 aromatic rings. The van der Waals surface area contributed by atoms with Crippen LogP contribution >= 0.6 is 11.3 Å². The number of benzene rings is 2. The van der Waals surface area contributed by atoms with Gasteiger partial charge in [0.25, 0.3) is 5.91 Å². The van der Waals surface area contributed by atoms with E-state index in [4.69, 9.17) is 4.42 Å². The standard InChI is InChI=1S/C25H23N3O3S/c1-17-21(12-13-31-17)24(30)28-25-27-20(16-32-25)14-23(29)26-15-22(18-8-4-2-5-9-18)19-10-6-3-7-11-19/h2-13,16,22H,14-15H2,1H3,(H,26,29)(H,27,28,30). The van der Waals surface area contributed by atoms with E-state index in [0.717, 1.165) is 11.1 Å². The van der Waals surface area contributed by atoms with Gasteiger partial charge in [-0.15, -0.1) is 11.3 Å². The van der Waals surface area contributed by atoms with Gasteiger partial charge in [-0.3, -0.25) is 14.9 Å². The largest absolute Gasteiger partial charge is 0.469 e. The Hall–Kier alpha value is -3.71. The number of hydrogen-bond donors (Lipinski definition) is 2. The maximum atomic E-state index is 12.6. The molecule has 0 saturated carbocycles. The SMILES string of the molecule is Cc1occc1C(=O)Nc1nc(CC(=O)NCC(c2ccccc2)c2ccccc2)cs1. The molecule has 2 aromatic carbocycles. The van der Waals surface area contributed by atoms with Crippen molar-refractivity contribution in [1.82, 2.24) is 10.3 Å². The number of hydrogen-bond acceptors (Lipinski definition) is 5. The predicted octanol–water partition coefficient (Wildman–Crippen LogP) is 4.79. The summed E-state index contributed by atoms with van der Waals surface area (Å²) in [7, 11) is 0. The summed E-state index contributed by atoms with van der Waals surface area (Å²) in [5, 5.41) is 8.01. The summed E-state index contributed by atoms with van der Waals surface area (Å²) in [6.45, 7) is 2.21. The molecular formula is C25H23N3O3S. The number of carbonyl (C=O) groups is 2. The van der Waals surface area contributed by atoms with Crippen molar-refractivity contribution < 1.29 is 14.0 Å². The van der Waals surface area contributed by atoms with E-state index in [1.54, 1.807) is 18.4 Å². The molecule has 2 N–H and O–H groups in total. The highest BCUT2D eigenvalue weighted by molar-refractivity contribution is 7.14. The first kappa shape index (κ1) is 21.5. The van der Waals surface area contributed by atoms with Gasteiger partial charge in [0, 0.05) is 17.8 Å². The Labute approximate surface area is 190 Å². The van der Waals surface area contributed by atoms with Gasteiger partial charge in [0.15, 0.2) is 5.13 Å². The highest BCUT2D eigenvalue weighted by Crippen LogP contribution is 2.24. The molecule has 32 heavy (non-hydrogen) atoms. The van der Waals surface area contributed by atoms with Gasteiger partial charge in [0.05, 0.1) is 23.9 Å². The summed E-state index contributed by atoms with van der Waals surface area (Å²) in [4.78, 5) is 29.3. The average molecular weight is 446 g/mol. The number of nitrogens with zero attached hydrogens (tertiary/aromatic N) is 1. The van der Waals surface area contributed by atoms with E-state index < -0.39 is 0 Å². The minimum absolute atomic E-state index is 0.0600. The Morgan fingerprint density at radius 2 is 1.66 bits per heavy atom. The van der Waals surface area contributed by atoms with Crippen LogP contribution in [0.1, 0.15) is 38.9 Å². The number of amides is 2. The molecule has 7 heteroatoms. The number of nitrogens with one attached hydrogen (secondary N) is 2. The molecule has 0 aliphatic rings. The van der Waals surface area contributed by atoms with Crippen molar-refractivity contribution in [2.75, 3.05) is 11.9 Å². The fraction of sp³-hybridized carbons (Fsp3) is 0.160. The number of furan rings is 1. The molecule has 0 aliphatic carbocycles. The van der Waals surface area contributed by atoms with E-state index in [0.29, 0.717) is 28.7 Å². The molecule has 0 unspecified atom stereocenters. The Bertz CT molecular complexity index is 1150. The molecule has 0 radical (unpaired) electrons. The molecular weight excluding hydrogens is 422 g/mol. The van der Waals surface area contributed by atoms with Crippen LogP contribution in [0.15, 0.2) is 82.8 Å². The van der Waals surface area contributed by atoms with Crippen molar-refractivity contribution in [1.29, 1.82) is 0 Å². The van der Waals surface area contributed by atoms with Crippen LogP contribution in [-0.4, -0.2) is 23.3 Å².